The molecule has 0 saturated heterocycles. The van der Waals surface area contributed by atoms with Gasteiger partial charge in [-0.1, -0.05) is 18.2 Å². The van der Waals surface area contributed by atoms with E-state index in [0.717, 1.165) is 26.5 Å². The molecule has 0 saturated carbocycles. The largest absolute Gasteiger partial charge is 0.320 e. The number of pyridine rings is 1. The van der Waals surface area contributed by atoms with Gasteiger partial charge in [0.15, 0.2) is 5.52 Å². The van der Waals surface area contributed by atoms with E-state index in [2.05, 4.69) is 32.7 Å². The van der Waals surface area contributed by atoms with Crippen molar-refractivity contribution in [3.8, 4) is 0 Å². The van der Waals surface area contributed by atoms with Crippen LogP contribution in [0.3, 0.4) is 0 Å². The second-order valence-corrected chi connectivity index (χ2v) is 4.85. The monoisotopic (exact) mass is 339 g/mol. The van der Waals surface area contributed by atoms with Crippen LogP contribution in [0, 0.1) is 3.70 Å². The fourth-order valence-corrected chi connectivity index (χ4v) is 3.04. The van der Waals surface area contributed by atoms with Gasteiger partial charge in [0, 0.05) is 22.8 Å². The van der Waals surface area contributed by atoms with Crippen molar-refractivity contribution in [2.45, 2.75) is 13.5 Å². The molecule has 0 amide bonds. The van der Waals surface area contributed by atoms with Crippen LogP contribution in [0.1, 0.15) is 6.92 Å². The van der Waals surface area contributed by atoms with Gasteiger partial charge in [0.2, 0.25) is 0 Å². The molecule has 17 heavy (non-hydrogen) atoms. The van der Waals surface area contributed by atoms with Gasteiger partial charge in [-0.2, -0.15) is 5.10 Å². The highest BCUT2D eigenvalue weighted by atomic mass is 127. The van der Waals surface area contributed by atoms with E-state index in [0.29, 0.717) is 5.52 Å². The van der Waals surface area contributed by atoms with E-state index in [1.807, 2.05) is 35.9 Å². The summed E-state index contributed by atoms with van der Waals surface area (Å²) in [5, 5.41) is 6.34. The Morgan fingerprint density at radius 2 is 2.18 bits per heavy atom. The van der Waals surface area contributed by atoms with Gasteiger partial charge in [-0.15, -0.1) is 0 Å². The topological polar surface area (TPSA) is 50.7 Å². The summed E-state index contributed by atoms with van der Waals surface area (Å²) in [6.07, 6.45) is 0. The lowest BCUT2D eigenvalue weighted by molar-refractivity contribution is 0.651. The minimum Gasteiger partial charge on any atom is -0.320 e. The van der Waals surface area contributed by atoms with Crippen LogP contribution in [0.25, 0.3) is 21.8 Å². The van der Waals surface area contributed by atoms with Crippen LogP contribution >= 0.6 is 22.6 Å². The Hall–Kier alpha value is -1.37. The lowest BCUT2D eigenvalue weighted by atomic mass is 10.1. The van der Waals surface area contributed by atoms with Gasteiger partial charge in [0.05, 0.1) is 0 Å². The third kappa shape index (κ3) is 1.49. The fraction of sp³-hybridized carbons (Fsp3) is 0.167. The maximum absolute atomic E-state index is 11.9. The van der Waals surface area contributed by atoms with E-state index in [1.54, 1.807) is 0 Å². The van der Waals surface area contributed by atoms with Crippen LogP contribution < -0.4 is 5.56 Å². The van der Waals surface area contributed by atoms with Gasteiger partial charge in [-0.25, -0.2) is 0 Å². The van der Waals surface area contributed by atoms with Crippen molar-refractivity contribution in [3.63, 3.8) is 0 Å². The summed E-state index contributed by atoms with van der Waals surface area (Å²) < 4.78 is 2.87. The molecule has 3 aromatic rings. The normalized spacial score (nSPS) is 11.4. The van der Waals surface area contributed by atoms with Crippen LogP contribution in [0.5, 0.6) is 0 Å². The van der Waals surface area contributed by atoms with Gasteiger partial charge >= 0.3 is 0 Å². The summed E-state index contributed by atoms with van der Waals surface area (Å²) in [4.78, 5) is 14.8. The van der Waals surface area contributed by atoms with Crippen LogP contribution in [0.2, 0.25) is 0 Å². The summed E-state index contributed by atoms with van der Waals surface area (Å²) in [6, 6.07) is 7.81. The standard InChI is InChI=1S/C12H10IN3O/c1-2-16-11(13)9-7-5-3-4-6-8(7)14-12(17)10(9)15-16/h3-6H,2H2,1H3,(H,14,17). The number of halogens is 1. The number of para-hydroxylation sites is 1. The molecule has 0 radical (unpaired) electrons. The predicted octanol–water partition coefficient (Wildman–Crippen LogP) is 2.50. The lowest BCUT2D eigenvalue weighted by Crippen LogP contribution is -2.06. The van der Waals surface area contributed by atoms with E-state index in [-0.39, 0.29) is 5.56 Å². The first-order valence-electron chi connectivity index (χ1n) is 5.39. The van der Waals surface area contributed by atoms with Crippen molar-refractivity contribution in [1.82, 2.24) is 14.8 Å². The van der Waals surface area contributed by atoms with Crippen LogP contribution in [-0.4, -0.2) is 14.8 Å². The first-order valence-corrected chi connectivity index (χ1v) is 6.47. The van der Waals surface area contributed by atoms with Crippen molar-refractivity contribution >= 4 is 44.4 Å². The quantitative estimate of drug-likeness (QED) is 0.693. The summed E-state index contributed by atoms with van der Waals surface area (Å²) in [7, 11) is 0. The molecule has 5 heteroatoms. The number of nitrogens with zero attached hydrogens (tertiary/aromatic N) is 2. The summed E-state index contributed by atoms with van der Waals surface area (Å²) in [6.45, 7) is 2.78. The van der Waals surface area contributed by atoms with Crippen molar-refractivity contribution in [2.75, 3.05) is 0 Å². The maximum Gasteiger partial charge on any atom is 0.276 e. The highest BCUT2D eigenvalue weighted by molar-refractivity contribution is 14.1. The number of rotatable bonds is 1. The van der Waals surface area contributed by atoms with Gasteiger partial charge in [0.1, 0.15) is 3.70 Å². The Balaban J connectivity index is 2.64. The summed E-state index contributed by atoms with van der Waals surface area (Å²) in [5.74, 6) is 0. The van der Waals surface area contributed by atoms with Crippen molar-refractivity contribution in [2.24, 2.45) is 0 Å². The number of aromatic amines is 1. The molecule has 0 aliphatic rings. The Kier molecular flexibility index (Phi) is 2.43. The van der Waals surface area contributed by atoms with E-state index in [4.69, 9.17) is 0 Å². The number of aromatic nitrogens is 3. The molecule has 2 aromatic heterocycles. The predicted molar refractivity (Wildman–Crippen MR) is 76.3 cm³/mol. The van der Waals surface area contributed by atoms with Crippen molar-refractivity contribution in [1.29, 1.82) is 0 Å². The van der Waals surface area contributed by atoms with Crippen molar-refractivity contribution < 1.29 is 0 Å². The van der Waals surface area contributed by atoms with E-state index >= 15 is 0 Å². The number of hydrogen-bond acceptors (Lipinski definition) is 2. The zero-order chi connectivity index (χ0) is 12.0. The number of hydrogen-bond donors (Lipinski definition) is 1. The first kappa shape index (κ1) is 10.8. The Bertz CT molecular complexity index is 772. The van der Waals surface area contributed by atoms with E-state index in [9.17, 15) is 4.79 Å². The second-order valence-electron chi connectivity index (χ2n) is 3.83. The molecular weight excluding hydrogens is 329 g/mol. The zero-order valence-corrected chi connectivity index (χ0v) is 11.4. The SMILES string of the molecule is CCn1nc2c(=O)[nH]c3ccccc3c2c1I. The Labute approximate surface area is 111 Å². The number of nitrogens with one attached hydrogen (secondary N) is 1. The zero-order valence-electron chi connectivity index (χ0n) is 9.20. The smallest absolute Gasteiger partial charge is 0.276 e. The first-order chi connectivity index (χ1) is 8.22. The van der Waals surface area contributed by atoms with E-state index < -0.39 is 0 Å². The van der Waals surface area contributed by atoms with Crippen LogP contribution in [-0.2, 0) is 6.54 Å². The average Bonchev–Trinajstić information content (AvgIpc) is 2.68. The summed E-state index contributed by atoms with van der Waals surface area (Å²) >= 11 is 2.25. The number of fused-ring (bicyclic) bond motifs is 3. The molecular formula is C12H10IN3O. The molecule has 86 valence electrons. The Morgan fingerprint density at radius 1 is 1.41 bits per heavy atom. The molecule has 0 unspecified atom stereocenters. The summed E-state index contributed by atoms with van der Waals surface area (Å²) in [5.41, 5.74) is 1.26. The maximum atomic E-state index is 11.9. The molecule has 0 aliphatic carbocycles. The van der Waals surface area contributed by atoms with Crippen molar-refractivity contribution in [3.05, 3.63) is 38.3 Å². The van der Waals surface area contributed by atoms with Crippen LogP contribution in [0.4, 0.5) is 0 Å². The third-order valence-electron chi connectivity index (χ3n) is 2.85. The Morgan fingerprint density at radius 3 is 2.94 bits per heavy atom. The molecule has 0 spiro atoms. The number of H-pyrrole nitrogens is 1. The molecule has 0 bridgehead atoms. The van der Waals surface area contributed by atoms with Crippen LogP contribution in [0.15, 0.2) is 29.1 Å². The minimum absolute atomic E-state index is 0.121. The fourth-order valence-electron chi connectivity index (χ4n) is 2.04. The van der Waals surface area contributed by atoms with Gasteiger partial charge < -0.3 is 4.98 Å². The lowest BCUT2D eigenvalue weighted by Gasteiger charge is -1.99. The highest BCUT2D eigenvalue weighted by Crippen LogP contribution is 2.25. The molecule has 3 rings (SSSR count). The molecule has 1 N–H and O–H groups in total. The average molecular weight is 339 g/mol. The van der Waals surface area contributed by atoms with Gasteiger partial charge in [-0.05, 0) is 35.6 Å². The molecule has 1 aromatic carbocycles. The van der Waals surface area contributed by atoms with E-state index in [1.165, 1.54) is 0 Å². The van der Waals surface area contributed by atoms with Gasteiger partial charge in [-0.3, -0.25) is 9.48 Å². The highest BCUT2D eigenvalue weighted by Gasteiger charge is 2.14. The molecule has 2 heterocycles. The van der Waals surface area contributed by atoms with Gasteiger partial charge in [0.25, 0.3) is 5.56 Å². The third-order valence-corrected chi connectivity index (χ3v) is 3.95. The molecule has 0 aliphatic heterocycles. The molecule has 4 nitrogen and oxygen atoms in total. The number of aryl methyl sites for hydroxylation is 1. The molecule has 0 atom stereocenters. The molecule has 0 fully saturated rings. The second kappa shape index (κ2) is 3.83. The minimum atomic E-state index is -0.121. The number of benzene rings is 1.